The Morgan fingerprint density at radius 1 is 0.406 bits per heavy atom. The number of hydrogen-bond donors (Lipinski definition) is 0. The average Bonchev–Trinajstić information content (AvgIpc) is 4.12. The molecule has 8 aromatic carbocycles. The van der Waals surface area contributed by atoms with Gasteiger partial charge in [-0.1, -0.05) is 91.0 Å². The van der Waals surface area contributed by atoms with Gasteiger partial charge in [0.25, 0.3) is 0 Å². The second-order valence-electron chi connectivity index (χ2n) is 17.9. The van der Waals surface area contributed by atoms with Gasteiger partial charge in [0.2, 0.25) is 0 Å². The first-order valence-electron chi connectivity index (χ1n) is 22.9. The van der Waals surface area contributed by atoms with E-state index in [0.717, 1.165) is 111 Å². The van der Waals surface area contributed by atoms with E-state index in [1.807, 2.05) is 67.0 Å². The van der Waals surface area contributed by atoms with E-state index in [0.29, 0.717) is 16.9 Å². The number of benzene rings is 8. The molecule has 8 nitrogen and oxygen atoms in total. The number of ether oxygens (including phenoxy) is 1. The van der Waals surface area contributed by atoms with Gasteiger partial charge < -0.3 is 18.4 Å². The van der Waals surface area contributed by atoms with Gasteiger partial charge in [0.1, 0.15) is 11.5 Å². The molecule has 2 aliphatic rings. The third-order valence-electron chi connectivity index (χ3n) is 14.6. The summed E-state index contributed by atoms with van der Waals surface area (Å²) in [6, 6.07) is 70.1. The second kappa shape index (κ2) is 13.6. The zero-order valence-corrected chi connectivity index (χ0v) is 36.6. The highest BCUT2D eigenvalue weighted by molar-refractivity contribution is 6.12. The first kappa shape index (κ1) is 37.5. The van der Waals surface area contributed by atoms with Crippen LogP contribution in [0.2, 0.25) is 0 Å². The summed E-state index contributed by atoms with van der Waals surface area (Å²) in [5, 5.41) is 26.4. The van der Waals surface area contributed by atoms with Crippen LogP contribution in [0.1, 0.15) is 33.4 Å². The average molecular weight is 880 g/mol. The summed E-state index contributed by atoms with van der Waals surface area (Å²) < 4.78 is 14.3. The number of hydrogen-bond acceptors (Lipinski definition) is 5. The van der Waals surface area contributed by atoms with E-state index in [1.165, 1.54) is 10.8 Å². The topological polar surface area (TPSA) is 97.4 Å². The highest BCUT2D eigenvalue weighted by Crippen LogP contribution is 2.63. The van der Waals surface area contributed by atoms with Crippen LogP contribution in [0.3, 0.4) is 0 Å². The van der Waals surface area contributed by atoms with Crippen molar-refractivity contribution < 1.29 is 4.74 Å². The van der Waals surface area contributed by atoms with Gasteiger partial charge in [-0.05, 0) is 96.6 Å². The number of rotatable bonds is 3. The van der Waals surface area contributed by atoms with Gasteiger partial charge in [0, 0.05) is 67.0 Å². The smallest absolute Gasteiger partial charge is 0.134 e. The van der Waals surface area contributed by atoms with Crippen molar-refractivity contribution in [3.63, 3.8) is 0 Å². The fourth-order valence-electron chi connectivity index (χ4n) is 11.9. The van der Waals surface area contributed by atoms with Gasteiger partial charge in [0.15, 0.2) is 0 Å². The molecule has 0 radical (unpaired) electrons. The number of nitrogens with zero attached hydrogens (tertiary/aromatic N) is 7. The Kier molecular flexibility index (Phi) is 7.41. The molecule has 0 N–H and O–H groups in total. The third kappa shape index (κ3) is 4.83. The van der Waals surface area contributed by atoms with Crippen LogP contribution in [-0.4, -0.2) is 23.7 Å². The van der Waals surface area contributed by atoms with Crippen molar-refractivity contribution in [2.45, 2.75) is 5.41 Å². The van der Waals surface area contributed by atoms with Crippen molar-refractivity contribution in [3.05, 3.63) is 234 Å². The molecular formula is C61H33N7O. The Labute approximate surface area is 394 Å². The van der Waals surface area contributed by atoms with Crippen LogP contribution in [-0.2, 0) is 5.41 Å². The normalized spacial score (nSPS) is 14.5. The Morgan fingerprint density at radius 2 is 0.957 bits per heavy atom. The van der Waals surface area contributed by atoms with Gasteiger partial charge in [-0.2, -0.15) is 10.5 Å². The summed E-state index contributed by atoms with van der Waals surface area (Å²) in [5.74, 6) is 1.45. The molecule has 1 atom stereocenters. The molecular weight excluding hydrogens is 847 g/mol. The van der Waals surface area contributed by atoms with Crippen LogP contribution in [0.4, 0.5) is 0 Å². The van der Waals surface area contributed by atoms with Gasteiger partial charge in [-0.3, -0.25) is 9.97 Å². The first-order chi connectivity index (χ1) is 34.1. The SMILES string of the molecule is N#Cc1ccc2c(c1)c1ccccc1n2-c1ccc2c(c1)Oc1cccc(-n3c4ccccc4c4ccccc43)c1C21c2cccnc2-c2ncc(-n3c4ccccc4c4cc(C#N)ccc43)cc21. The summed E-state index contributed by atoms with van der Waals surface area (Å²) in [6.45, 7) is 0. The van der Waals surface area contributed by atoms with Crippen LogP contribution >= 0.6 is 0 Å². The van der Waals surface area contributed by atoms with Gasteiger partial charge in [0.05, 0.1) is 90.7 Å². The lowest BCUT2D eigenvalue weighted by Gasteiger charge is -2.40. The number of aromatic nitrogens is 5. The zero-order valence-electron chi connectivity index (χ0n) is 36.6. The first-order valence-corrected chi connectivity index (χ1v) is 22.9. The zero-order chi connectivity index (χ0) is 45.5. The predicted octanol–water partition coefficient (Wildman–Crippen LogP) is 14.0. The van der Waals surface area contributed by atoms with E-state index < -0.39 is 5.41 Å². The molecule has 0 bridgehead atoms. The standard InChI is InChI=1S/C61H33N7O/c62-33-36-22-26-53-44(29-36)42-13-3-5-16-49(42)66(53)38-24-25-46-57(32-38)69-56-21-9-20-55(68-51-18-7-1-11-40(51)41-12-2-8-19-52(41)68)58(56)61(46)47-15-10-28-64-59(47)60-48(61)31-39(35-65-60)67-50-17-6-4-14-43(50)45-30-37(34-63)23-27-54(45)67/h1-32,35H. The van der Waals surface area contributed by atoms with E-state index in [4.69, 9.17) is 14.7 Å². The van der Waals surface area contributed by atoms with E-state index in [2.05, 4.69) is 159 Å². The molecule has 318 valence electrons. The summed E-state index contributed by atoms with van der Waals surface area (Å²) in [4.78, 5) is 10.6. The monoisotopic (exact) mass is 879 g/mol. The summed E-state index contributed by atoms with van der Waals surface area (Å²) in [6.07, 6.45) is 3.82. The Bertz CT molecular complexity index is 4470. The number of pyridine rings is 2. The molecule has 0 saturated heterocycles. The maximum atomic E-state index is 9.98. The van der Waals surface area contributed by atoms with Crippen LogP contribution in [0, 0.1) is 22.7 Å². The fraction of sp³-hybridized carbons (Fsp3) is 0.0164. The molecule has 6 heterocycles. The maximum absolute atomic E-state index is 9.98. The molecule has 5 aromatic heterocycles. The van der Waals surface area contributed by atoms with Gasteiger partial charge in [-0.25, -0.2) is 0 Å². The van der Waals surface area contributed by atoms with Crippen LogP contribution in [0.25, 0.3) is 93.9 Å². The molecule has 13 aromatic rings. The van der Waals surface area contributed by atoms with Gasteiger partial charge in [-0.15, -0.1) is 0 Å². The molecule has 15 rings (SSSR count). The van der Waals surface area contributed by atoms with Crippen LogP contribution in [0.15, 0.2) is 200 Å². The molecule has 1 aliphatic carbocycles. The summed E-state index contributed by atoms with van der Waals surface area (Å²) in [5.41, 5.74) is 14.8. The highest BCUT2D eigenvalue weighted by Gasteiger charge is 2.54. The largest absolute Gasteiger partial charge is 0.457 e. The minimum atomic E-state index is -0.984. The number of nitriles is 2. The minimum absolute atomic E-state index is 0.609. The summed E-state index contributed by atoms with van der Waals surface area (Å²) >= 11 is 0. The van der Waals surface area contributed by atoms with Crippen LogP contribution in [0.5, 0.6) is 11.5 Å². The fourth-order valence-corrected chi connectivity index (χ4v) is 11.9. The number of fused-ring (bicyclic) bond motifs is 18. The molecule has 1 aliphatic heterocycles. The molecule has 0 amide bonds. The highest BCUT2D eigenvalue weighted by atomic mass is 16.5. The molecule has 0 fully saturated rings. The van der Waals surface area contributed by atoms with E-state index >= 15 is 0 Å². The molecule has 1 unspecified atom stereocenters. The van der Waals surface area contributed by atoms with E-state index in [-0.39, 0.29) is 0 Å². The van der Waals surface area contributed by atoms with E-state index in [9.17, 15) is 10.5 Å². The molecule has 0 saturated carbocycles. The van der Waals surface area contributed by atoms with E-state index in [1.54, 1.807) is 0 Å². The molecule has 69 heavy (non-hydrogen) atoms. The maximum Gasteiger partial charge on any atom is 0.134 e. The van der Waals surface area contributed by atoms with Crippen molar-refractivity contribution >= 4 is 65.4 Å². The Morgan fingerprint density at radius 3 is 1.58 bits per heavy atom. The lowest BCUT2D eigenvalue weighted by atomic mass is 9.65. The number of para-hydroxylation sites is 4. The molecule has 1 spiro atoms. The predicted molar refractivity (Wildman–Crippen MR) is 272 cm³/mol. The van der Waals surface area contributed by atoms with Crippen molar-refractivity contribution in [3.8, 4) is 52.1 Å². The third-order valence-corrected chi connectivity index (χ3v) is 14.6. The van der Waals surface area contributed by atoms with Gasteiger partial charge >= 0.3 is 0 Å². The van der Waals surface area contributed by atoms with Crippen molar-refractivity contribution in [2.75, 3.05) is 0 Å². The quantitative estimate of drug-likeness (QED) is 0.176. The van der Waals surface area contributed by atoms with Crippen molar-refractivity contribution in [1.29, 1.82) is 10.5 Å². The second-order valence-corrected chi connectivity index (χ2v) is 17.9. The Hall–Kier alpha value is -9.76. The lowest BCUT2D eigenvalue weighted by Crippen LogP contribution is -2.34. The minimum Gasteiger partial charge on any atom is -0.457 e. The lowest BCUT2D eigenvalue weighted by molar-refractivity contribution is 0.435. The summed E-state index contributed by atoms with van der Waals surface area (Å²) in [7, 11) is 0. The van der Waals surface area contributed by atoms with Crippen molar-refractivity contribution in [2.24, 2.45) is 0 Å². The van der Waals surface area contributed by atoms with Crippen molar-refractivity contribution in [1.82, 2.24) is 23.7 Å². The van der Waals surface area contributed by atoms with Crippen LogP contribution < -0.4 is 4.74 Å². The molecule has 8 heteroatoms. The Balaban J connectivity index is 1.07.